The summed E-state index contributed by atoms with van der Waals surface area (Å²) in [6, 6.07) is 10.3. The fraction of sp³-hybridized carbons (Fsp3) is 0.0588. The van der Waals surface area contributed by atoms with Crippen molar-refractivity contribution in [1.82, 2.24) is 0 Å². The van der Waals surface area contributed by atoms with Crippen LogP contribution in [0.4, 0.5) is 11.4 Å². The summed E-state index contributed by atoms with van der Waals surface area (Å²) < 4.78 is 30.8. The zero-order valence-electron chi connectivity index (χ0n) is 14.3. The molecule has 0 aliphatic carbocycles. The molecule has 11 heteroatoms. The lowest BCUT2D eigenvalue weighted by atomic mass is 10.1. The van der Waals surface area contributed by atoms with E-state index in [1.165, 1.54) is 42.5 Å². The molecule has 1 heterocycles. The molecule has 0 saturated heterocycles. The highest BCUT2D eigenvalue weighted by Gasteiger charge is 2.25. The number of thiophene rings is 1. The minimum absolute atomic E-state index is 0.112. The van der Waals surface area contributed by atoms with E-state index in [9.17, 15) is 28.6 Å². The van der Waals surface area contributed by atoms with Crippen molar-refractivity contribution in [2.75, 3.05) is 0 Å². The average molecular weight is 420 g/mol. The fourth-order valence-corrected chi connectivity index (χ4v) is 4.41. The molecule has 144 valence electrons. The zero-order valence-corrected chi connectivity index (χ0v) is 15.9. The van der Waals surface area contributed by atoms with Crippen LogP contribution >= 0.6 is 11.3 Å². The molecule has 0 amide bonds. The van der Waals surface area contributed by atoms with Gasteiger partial charge in [0.05, 0.1) is 9.85 Å². The molecule has 28 heavy (non-hydrogen) atoms. The van der Waals surface area contributed by atoms with E-state index in [4.69, 9.17) is 4.18 Å². The molecule has 0 atom stereocenters. The monoisotopic (exact) mass is 420 g/mol. The Morgan fingerprint density at radius 1 is 0.964 bits per heavy atom. The van der Waals surface area contributed by atoms with Crippen molar-refractivity contribution < 1.29 is 22.4 Å². The molecule has 0 radical (unpaired) electrons. The van der Waals surface area contributed by atoms with Gasteiger partial charge in [0.15, 0.2) is 5.75 Å². The lowest BCUT2D eigenvalue weighted by molar-refractivity contribution is -0.385. The average Bonchev–Trinajstić information content (AvgIpc) is 3.16. The van der Waals surface area contributed by atoms with Crippen molar-refractivity contribution in [2.24, 2.45) is 0 Å². The number of benzene rings is 2. The first-order chi connectivity index (χ1) is 13.2. The van der Waals surface area contributed by atoms with E-state index < -0.39 is 25.7 Å². The highest BCUT2D eigenvalue weighted by atomic mass is 32.2. The van der Waals surface area contributed by atoms with Gasteiger partial charge in [-0.1, -0.05) is 12.1 Å². The van der Waals surface area contributed by atoms with Crippen LogP contribution in [0.3, 0.4) is 0 Å². The van der Waals surface area contributed by atoms with Gasteiger partial charge < -0.3 is 4.18 Å². The Balaban J connectivity index is 2.10. The second-order valence-corrected chi connectivity index (χ2v) is 8.12. The Bertz CT molecular complexity index is 1170. The predicted molar refractivity (Wildman–Crippen MR) is 102 cm³/mol. The van der Waals surface area contributed by atoms with Gasteiger partial charge in [0.1, 0.15) is 4.90 Å². The van der Waals surface area contributed by atoms with Crippen molar-refractivity contribution in [3.63, 3.8) is 0 Å². The van der Waals surface area contributed by atoms with Gasteiger partial charge >= 0.3 is 10.1 Å². The van der Waals surface area contributed by atoms with Gasteiger partial charge in [-0.25, -0.2) is 0 Å². The molecule has 1 aromatic heterocycles. The molecule has 3 rings (SSSR count). The summed E-state index contributed by atoms with van der Waals surface area (Å²) in [7, 11) is -4.42. The Morgan fingerprint density at radius 2 is 1.61 bits per heavy atom. The first-order valence-corrected chi connectivity index (χ1v) is 9.99. The minimum atomic E-state index is -4.42. The van der Waals surface area contributed by atoms with Crippen molar-refractivity contribution in [3.8, 4) is 16.2 Å². The van der Waals surface area contributed by atoms with Gasteiger partial charge in [-0.15, -0.1) is 11.3 Å². The number of hydrogen-bond acceptors (Lipinski definition) is 8. The number of non-ortho nitro benzene ring substituents is 2. The van der Waals surface area contributed by atoms with Crippen LogP contribution in [0.5, 0.6) is 5.75 Å². The van der Waals surface area contributed by atoms with Gasteiger partial charge in [-0.3, -0.25) is 20.2 Å². The van der Waals surface area contributed by atoms with Crippen LogP contribution in [0.15, 0.2) is 58.8 Å². The number of hydrogen-bond donors (Lipinski definition) is 0. The van der Waals surface area contributed by atoms with Gasteiger partial charge in [0.2, 0.25) is 0 Å². The quantitative estimate of drug-likeness (QED) is 0.330. The molecule has 0 fully saturated rings. The Morgan fingerprint density at radius 3 is 2.21 bits per heavy atom. The highest BCUT2D eigenvalue weighted by Crippen LogP contribution is 2.38. The molecule has 0 N–H and O–H groups in total. The highest BCUT2D eigenvalue weighted by molar-refractivity contribution is 7.87. The molecule has 9 nitrogen and oxygen atoms in total. The van der Waals surface area contributed by atoms with E-state index in [1.54, 1.807) is 17.5 Å². The van der Waals surface area contributed by atoms with Crippen LogP contribution in [-0.2, 0) is 10.1 Å². The summed E-state index contributed by atoms with van der Waals surface area (Å²) in [6.45, 7) is 1.48. The standard InChI is InChI=1S/C17H12N2O7S2/c1-11-4-5-13(19(22)23)10-17(11)28(24,25)26-15-7-6-12(18(20)21)9-14(15)16-3-2-8-27-16/h2-10H,1H3. The Hall–Kier alpha value is -3.31. The van der Waals surface area contributed by atoms with Crippen LogP contribution in [0.25, 0.3) is 10.4 Å². The lowest BCUT2D eigenvalue weighted by Crippen LogP contribution is -2.12. The van der Waals surface area contributed by atoms with Crippen LogP contribution in [0, 0.1) is 27.2 Å². The molecular formula is C17H12N2O7S2. The van der Waals surface area contributed by atoms with E-state index in [-0.39, 0.29) is 27.5 Å². The van der Waals surface area contributed by atoms with E-state index in [0.29, 0.717) is 4.88 Å². The topological polar surface area (TPSA) is 130 Å². The largest absolute Gasteiger partial charge is 0.378 e. The second kappa shape index (κ2) is 7.37. The first kappa shape index (κ1) is 19.5. The molecule has 0 aliphatic heterocycles. The maximum Gasteiger partial charge on any atom is 0.339 e. The van der Waals surface area contributed by atoms with Crippen molar-refractivity contribution in [1.29, 1.82) is 0 Å². The molecule has 2 aromatic carbocycles. The summed E-state index contributed by atoms with van der Waals surface area (Å²) in [5, 5.41) is 23.8. The summed E-state index contributed by atoms with van der Waals surface area (Å²) in [6.07, 6.45) is 0. The van der Waals surface area contributed by atoms with Crippen molar-refractivity contribution in [2.45, 2.75) is 11.8 Å². The third-order valence-electron chi connectivity index (χ3n) is 3.81. The molecule has 0 bridgehead atoms. The minimum Gasteiger partial charge on any atom is -0.378 e. The molecule has 0 saturated carbocycles. The van der Waals surface area contributed by atoms with E-state index in [0.717, 1.165) is 12.1 Å². The first-order valence-electron chi connectivity index (χ1n) is 7.71. The summed E-state index contributed by atoms with van der Waals surface area (Å²) in [4.78, 5) is 21.0. The number of nitrogens with zero attached hydrogens (tertiary/aromatic N) is 2. The van der Waals surface area contributed by atoms with Gasteiger partial charge in [0, 0.05) is 34.7 Å². The molecular weight excluding hydrogens is 408 g/mol. The van der Waals surface area contributed by atoms with Crippen LogP contribution in [0.1, 0.15) is 5.56 Å². The summed E-state index contributed by atoms with van der Waals surface area (Å²) in [5.41, 5.74) is -0.115. The number of aryl methyl sites for hydroxylation is 1. The third-order valence-corrected chi connectivity index (χ3v) is 6.09. The molecule has 0 spiro atoms. The van der Waals surface area contributed by atoms with Gasteiger partial charge in [-0.05, 0) is 30.0 Å². The number of nitro benzene ring substituents is 2. The normalized spacial score (nSPS) is 11.2. The SMILES string of the molecule is Cc1ccc([N+](=O)[O-])cc1S(=O)(=O)Oc1ccc([N+](=O)[O-])cc1-c1cccs1. The van der Waals surface area contributed by atoms with Gasteiger partial charge in [0.25, 0.3) is 11.4 Å². The third kappa shape index (κ3) is 3.85. The molecule has 0 unspecified atom stereocenters. The van der Waals surface area contributed by atoms with Crippen LogP contribution in [0.2, 0.25) is 0 Å². The summed E-state index contributed by atoms with van der Waals surface area (Å²) in [5.74, 6) is -0.112. The Labute approximate surface area is 163 Å². The smallest absolute Gasteiger partial charge is 0.339 e. The maximum atomic E-state index is 12.8. The Kier molecular flexibility index (Phi) is 5.12. The lowest BCUT2D eigenvalue weighted by Gasteiger charge is -2.12. The summed E-state index contributed by atoms with van der Waals surface area (Å²) >= 11 is 1.26. The van der Waals surface area contributed by atoms with E-state index in [2.05, 4.69) is 0 Å². The zero-order chi connectivity index (χ0) is 20.5. The second-order valence-electron chi connectivity index (χ2n) is 5.66. The predicted octanol–water partition coefficient (Wildman–Crippen LogP) is 4.31. The fourth-order valence-electron chi connectivity index (χ4n) is 2.46. The van der Waals surface area contributed by atoms with Crippen molar-refractivity contribution in [3.05, 3.63) is 79.7 Å². The van der Waals surface area contributed by atoms with Crippen molar-refractivity contribution >= 4 is 32.8 Å². The molecule has 3 aromatic rings. The van der Waals surface area contributed by atoms with E-state index >= 15 is 0 Å². The van der Waals surface area contributed by atoms with Gasteiger partial charge in [-0.2, -0.15) is 8.42 Å². The molecule has 0 aliphatic rings. The number of nitro groups is 2. The maximum absolute atomic E-state index is 12.8. The van der Waals surface area contributed by atoms with Crippen LogP contribution in [-0.4, -0.2) is 18.3 Å². The number of rotatable bonds is 6. The van der Waals surface area contributed by atoms with Crippen LogP contribution < -0.4 is 4.18 Å². The van der Waals surface area contributed by atoms with E-state index in [1.807, 2.05) is 0 Å².